The van der Waals surface area contributed by atoms with Crippen molar-refractivity contribution in [2.24, 2.45) is 22.7 Å². The molecule has 1 aliphatic heterocycles. The fraction of sp³-hybridized carbons (Fsp3) is 0.531. The summed E-state index contributed by atoms with van der Waals surface area (Å²) in [6.45, 7) is 13.5. The molecule has 1 amide bonds. The summed E-state index contributed by atoms with van der Waals surface area (Å²) in [6, 6.07) is 11.6. The maximum Gasteiger partial charge on any atom is 0.256 e. The molecule has 0 N–H and O–H groups in total. The number of benzene rings is 1. The number of nitrogens with zero attached hydrogens (tertiary/aromatic N) is 3. The van der Waals surface area contributed by atoms with Crippen molar-refractivity contribution in [3.63, 3.8) is 0 Å². The topological polar surface area (TPSA) is 66.2 Å². The van der Waals surface area contributed by atoms with Crippen LogP contribution >= 0.6 is 0 Å². The maximum absolute atomic E-state index is 13.5. The summed E-state index contributed by atoms with van der Waals surface area (Å²) >= 11 is 0. The second kappa shape index (κ2) is 9.21. The Morgan fingerprint density at radius 2 is 1.76 bits per heavy atom. The summed E-state index contributed by atoms with van der Waals surface area (Å²) in [5, 5.41) is 9.24. The fourth-order valence-electron chi connectivity index (χ4n) is 7.25. The van der Waals surface area contributed by atoms with Gasteiger partial charge in [-0.15, -0.1) is 0 Å². The lowest BCUT2D eigenvalue weighted by Crippen LogP contribution is -2.74. The van der Waals surface area contributed by atoms with Crippen LogP contribution in [0.2, 0.25) is 0 Å². The van der Waals surface area contributed by atoms with Crippen molar-refractivity contribution < 1.29 is 9.53 Å². The minimum absolute atomic E-state index is 0.00458. The molecule has 1 aromatic carbocycles. The molecular formula is C32H37N3O2. The standard InChI is InChI=1S/C32H37N3O2/c1-20-7-9-22(10-8-20)11-13-24-14-16-26-27(34-24)19-35(28(26)36)29-31(3,4)30(32(29,5)6)37-25-15-12-23(18-33)21(2)17-25/h12,14-17,20,22,29-30H,7-10,19H2,1-6H3/t20-,22-,29-,30-. The molecule has 2 saturated carbocycles. The van der Waals surface area contributed by atoms with Crippen molar-refractivity contribution in [3.05, 3.63) is 58.4 Å². The first-order valence-corrected chi connectivity index (χ1v) is 13.5. The van der Waals surface area contributed by atoms with Crippen LogP contribution in [-0.2, 0) is 6.54 Å². The highest BCUT2D eigenvalue weighted by Gasteiger charge is 2.67. The molecule has 0 atom stereocenters. The summed E-state index contributed by atoms with van der Waals surface area (Å²) < 4.78 is 6.50. The number of aryl methyl sites for hydroxylation is 1. The quantitative estimate of drug-likeness (QED) is 0.470. The van der Waals surface area contributed by atoms with Gasteiger partial charge in [0, 0.05) is 22.8 Å². The molecule has 0 saturated heterocycles. The highest BCUT2D eigenvalue weighted by atomic mass is 16.5. The lowest BCUT2D eigenvalue weighted by molar-refractivity contribution is -0.199. The van der Waals surface area contributed by atoms with E-state index in [0.717, 1.165) is 28.6 Å². The first-order valence-electron chi connectivity index (χ1n) is 13.5. The number of amides is 1. The van der Waals surface area contributed by atoms with E-state index in [1.54, 1.807) is 0 Å². The average Bonchev–Trinajstić information content (AvgIpc) is 3.16. The molecule has 37 heavy (non-hydrogen) atoms. The van der Waals surface area contributed by atoms with E-state index in [9.17, 15) is 10.1 Å². The highest BCUT2D eigenvalue weighted by Crippen LogP contribution is 2.59. The number of nitriles is 1. The summed E-state index contributed by atoms with van der Waals surface area (Å²) in [4.78, 5) is 20.3. The van der Waals surface area contributed by atoms with Gasteiger partial charge >= 0.3 is 0 Å². The lowest BCUT2D eigenvalue weighted by atomic mass is 9.49. The molecule has 2 aromatic rings. The fourth-order valence-corrected chi connectivity index (χ4v) is 7.25. The van der Waals surface area contributed by atoms with E-state index >= 15 is 0 Å². The van der Waals surface area contributed by atoms with E-state index < -0.39 is 0 Å². The van der Waals surface area contributed by atoms with Gasteiger partial charge in [0.2, 0.25) is 0 Å². The molecule has 3 aliphatic rings. The van der Waals surface area contributed by atoms with Crippen LogP contribution < -0.4 is 4.74 Å². The monoisotopic (exact) mass is 495 g/mol. The zero-order valence-corrected chi connectivity index (χ0v) is 22.9. The van der Waals surface area contributed by atoms with E-state index in [4.69, 9.17) is 9.72 Å². The van der Waals surface area contributed by atoms with E-state index in [1.165, 1.54) is 25.7 Å². The Morgan fingerprint density at radius 3 is 2.41 bits per heavy atom. The molecule has 0 unspecified atom stereocenters. The molecule has 192 valence electrons. The molecule has 5 heteroatoms. The molecule has 1 aromatic heterocycles. The van der Waals surface area contributed by atoms with E-state index in [1.807, 2.05) is 42.2 Å². The van der Waals surface area contributed by atoms with Crippen molar-refractivity contribution >= 4 is 5.91 Å². The van der Waals surface area contributed by atoms with Gasteiger partial charge in [-0.1, -0.05) is 40.5 Å². The second-order valence-corrected chi connectivity index (χ2v) is 12.5. The normalized spacial score (nSPS) is 27.4. The zero-order chi connectivity index (χ0) is 26.5. The summed E-state index contributed by atoms with van der Waals surface area (Å²) in [5.74, 6) is 8.80. The number of hydrogen-bond donors (Lipinski definition) is 0. The van der Waals surface area contributed by atoms with Crippen molar-refractivity contribution in [1.82, 2.24) is 9.88 Å². The van der Waals surface area contributed by atoms with Gasteiger partial charge in [0.25, 0.3) is 5.91 Å². The van der Waals surface area contributed by atoms with Crippen molar-refractivity contribution in [2.45, 2.75) is 85.9 Å². The highest BCUT2D eigenvalue weighted by molar-refractivity contribution is 5.98. The van der Waals surface area contributed by atoms with Crippen LogP contribution in [0.4, 0.5) is 0 Å². The Bertz CT molecular complexity index is 1320. The van der Waals surface area contributed by atoms with Gasteiger partial charge in [-0.2, -0.15) is 5.26 Å². The van der Waals surface area contributed by atoms with Gasteiger partial charge < -0.3 is 9.64 Å². The van der Waals surface area contributed by atoms with Gasteiger partial charge in [0.1, 0.15) is 17.5 Å². The third-order valence-electron chi connectivity index (χ3n) is 8.85. The van der Waals surface area contributed by atoms with E-state index in [-0.39, 0.29) is 28.9 Å². The average molecular weight is 496 g/mol. The number of aromatic nitrogens is 1. The molecule has 2 aliphatic carbocycles. The Hall–Kier alpha value is -3.31. The van der Waals surface area contributed by atoms with E-state index in [0.29, 0.717) is 23.6 Å². The zero-order valence-electron chi connectivity index (χ0n) is 22.9. The van der Waals surface area contributed by atoms with Crippen LogP contribution in [0.1, 0.15) is 93.2 Å². The smallest absolute Gasteiger partial charge is 0.256 e. The lowest BCUT2D eigenvalue weighted by Gasteiger charge is -2.65. The number of pyridine rings is 1. The van der Waals surface area contributed by atoms with Gasteiger partial charge in [-0.25, -0.2) is 4.98 Å². The van der Waals surface area contributed by atoms with Crippen molar-refractivity contribution in [2.75, 3.05) is 0 Å². The Balaban J connectivity index is 1.32. The number of carbonyl (C=O) groups is 1. The molecule has 2 fully saturated rings. The number of carbonyl (C=O) groups excluding carboxylic acids is 1. The Kier molecular flexibility index (Phi) is 6.31. The van der Waals surface area contributed by atoms with Crippen molar-refractivity contribution in [3.8, 4) is 23.7 Å². The minimum Gasteiger partial charge on any atom is -0.489 e. The van der Waals surface area contributed by atoms with Gasteiger partial charge in [0.15, 0.2) is 0 Å². The van der Waals surface area contributed by atoms with Crippen LogP contribution in [0.3, 0.4) is 0 Å². The first kappa shape index (κ1) is 25.3. The molecule has 2 heterocycles. The molecular weight excluding hydrogens is 458 g/mol. The van der Waals surface area contributed by atoms with Crippen LogP contribution in [0.25, 0.3) is 0 Å². The number of rotatable bonds is 3. The van der Waals surface area contributed by atoms with Crippen LogP contribution in [0, 0.1) is 52.8 Å². The first-order chi connectivity index (χ1) is 17.5. The van der Waals surface area contributed by atoms with Crippen molar-refractivity contribution in [1.29, 1.82) is 5.26 Å². The predicted octanol–water partition coefficient (Wildman–Crippen LogP) is 6.28. The summed E-state index contributed by atoms with van der Waals surface area (Å²) in [6.07, 6.45) is 4.76. The Labute approximate surface area is 221 Å². The number of ether oxygens (including phenoxy) is 1. The van der Waals surface area contributed by atoms with Gasteiger partial charge in [-0.05, 0) is 80.3 Å². The summed E-state index contributed by atoms with van der Waals surface area (Å²) in [5.41, 5.74) is 3.32. The molecule has 5 nitrogen and oxygen atoms in total. The van der Waals surface area contributed by atoms with Crippen LogP contribution in [-0.4, -0.2) is 27.9 Å². The molecule has 0 bridgehead atoms. The van der Waals surface area contributed by atoms with Crippen LogP contribution in [0.5, 0.6) is 5.75 Å². The number of fused-ring (bicyclic) bond motifs is 1. The molecule has 0 radical (unpaired) electrons. The molecule has 0 spiro atoms. The van der Waals surface area contributed by atoms with Gasteiger partial charge in [-0.3, -0.25) is 4.79 Å². The second-order valence-electron chi connectivity index (χ2n) is 12.5. The third kappa shape index (κ3) is 4.40. The Morgan fingerprint density at radius 1 is 1.05 bits per heavy atom. The van der Waals surface area contributed by atoms with Gasteiger partial charge in [0.05, 0.1) is 29.4 Å². The minimum atomic E-state index is -0.260. The molecule has 5 rings (SSSR count). The SMILES string of the molecule is Cc1cc(O[C@H]2C(C)(C)[C@H](N3Cc4nc(C#C[C@H]5CC[C@H](C)CC5)ccc4C3=O)C2(C)C)ccc1C#N. The predicted molar refractivity (Wildman–Crippen MR) is 144 cm³/mol. The number of hydrogen-bond acceptors (Lipinski definition) is 4. The third-order valence-corrected chi connectivity index (χ3v) is 8.85. The van der Waals surface area contributed by atoms with E-state index in [2.05, 4.69) is 52.5 Å². The summed E-state index contributed by atoms with van der Waals surface area (Å²) in [7, 11) is 0. The van der Waals surface area contributed by atoms with Crippen LogP contribution in [0.15, 0.2) is 30.3 Å². The maximum atomic E-state index is 13.5. The largest absolute Gasteiger partial charge is 0.489 e.